The molecule has 0 aliphatic heterocycles. The molecule has 0 amide bonds. The van der Waals surface area contributed by atoms with E-state index in [2.05, 4.69) is 4.42 Å². The Morgan fingerprint density at radius 3 is 2.80 bits per heavy atom. The lowest BCUT2D eigenvalue weighted by Crippen LogP contribution is -2.11. The van der Waals surface area contributed by atoms with Crippen molar-refractivity contribution >= 4 is 11.7 Å². The highest BCUT2D eigenvalue weighted by Crippen LogP contribution is 2.00. The van der Waals surface area contributed by atoms with Crippen LogP contribution in [-0.2, 0) is 4.79 Å². The van der Waals surface area contributed by atoms with Gasteiger partial charge in [0.05, 0.1) is 6.26 Å². The molecule has 0 saturated heterocycles. The van der Waals surface area contributed by atoms with Crippen molar-refractivity contribution in [1.29, 1.82) is 5.41 Å². The number of carboxylic acids is 1. The van der Waals surface area contributed by atoms with Gasteiger partial charge in [-0.2, -0.15) is 0 Å². The molecular weight excluding hydrogens is 134 g/mol. The van der Waals surface area contributed by atoms with Crippen molar-refractivity contribution in [3.63, 3.8) is 0 Å². The molecule has 1 heterocycles. The first-order valence-corrected chi connectivity index (χ1v) is 2.57. The molecule has 1 aromatic heterocycles. The lowest BCUT2D eigenvalue weighted by atomic mass is 10.3. The molecule has 1 aromatic rings. The number of aliphatic carboxylic acids is 1. The maximum Gasteiger partial charge on any atom is 0.357 e. The summed E-state index contributed by atoms with van der Waals surface area (Å²) in [5.74, 6) is -1.21. The Bertz CT molecular complexity index is 250. The first kappa shape index (κ1) is 6.54. The Kier molecular flexibility index (Phi) is 1.53. The minimum absolute atomic E-state index is 0.0764. The van der Waals surface area contributed by atoms with Crippen molar-refractivity contribution in [1.82, 2.24) is 0 Å². The van der Waals surface area contributed by atoms with Gasteiger partial charge in [0.25, 0.3) is 0 Å². The molecule has 0 aliphatic rings. The van der Waals surface area contributed by atoms with Crippen molar-refractivity contribution in [2.45, 2.75) is 0 Å². The lowest BCUT2D eigenvalue weighted by Gasteiger charge is -1.88. The number of furan rings is 1. The highest BCUT2D eigenvalue weighted by molar-refractivity contribution is 6.40. The van der Waals surface area contributed by atoms with Crippen LogP contribution in [-0.4, -0.2) is 16.8 Å². The molecule has 4 heteroatoms. The van der Waals surface area contributed by atoms with Crippen LogP contribution in [0.3, 0.4) is 0 Å². The molecule has 0 spiro atoms. The van der Waals surface area contributed by atoms with E-state index in [1.165, 1.54) is 18.4 Å². The first-order valence-electron chi connectivity index (χ1n) is 2.57. The lowest BCUT2D eigenvalue weighted by molar-refractivity contribution is -0.129. The summed E-state index contributed by atoms with van der Waals surface area (Å²) >= 11 is 0. The van der Waals surface area contributed by atoms with E-state index < -0.39 is 11.7 Å². The van der Waals surface area contributed by atoms with E-state index in [9.17, 15) is 4.79 Å². The summed E-state index contributed by atoms with van der Waals surface area (Å²) in [5, 5.41) is 15.2. The van der Waals surface area contributed by atoms with E-state index in [0.29, 0.717) is 0 Å². The van der Waals surface area contributed by atoms with Crippen LogP contribution < -0.4 is 0 Å². The molecule has 0 aliphatic carbocycles. The van der Waals surface area contributed by atoms with Gasteiger partial charge in [0.2, 0.25) is 0 Å². The number of carbonyl (C=O) groups is 1. The Morgan fingerprint density at radius 1 is 1.70 bits per heavy atom. The van der Waals surface area contributed by atoms with Crippen LogP contribution in [0.1, 0.15) is 5.76 Å². The van der Waals surface area contributed by atoms with Crippen LogP contribution in [0.4, 0.5) is 0 Å². The highest BCUT2D eigenvalue weighted by atomic mass is 16.4. The maximum atomic E-state index is 10.1. The monoisotopic (exact) mass is 139 g/mol. The molecular formula is C6H5NO3. The maximum absolute atomic E-state index is 10.1. The largest absolute Gasteiger partial charge is 0.476 e. The molecule has 52 valence electrons. The number of rotatable bonds is 2. The Labute approximate surface area is 56.6 Å². The summed E-state index contributed by atoms with van der Waals surface area (Å²) < 4.78 is 4.65. The third kappa shape index (κ3) is 1.05. The number of carboxylic acid groups (broad SMARTS) is 1. The number of hydrogen-bond acceptors (Lipinski definition) is 3. The molecule has 4 nitrogen and oxygen atoms in total. The van der Waals surface area contributed by atoms with Gasteiger partial charge in [-0.05, 0) is 12.1 Å². The van der Waals surface area contributed by atoms with Gasteiger partial charge in [0.15, 0.2) is 11.5 Å². The number of nitrogens with one attached hydrogen (secondary N) is 1. The van der Waals surface area contributed by atoms with Gasteiger partial charge in [-0.1, -0.05) is 0 Å². The van der Waals surface area contributed by atoms with Gasteiger partial charge >= 0.3 is 5.97 Å². The van der Waals surface area contributed by atoms with Crippen LogP contribution >= 0.6 is 0 Å². The van der Waals surface area contributed by atoms with Gasteiger partial charge in [-0.25, -0.2) is 4.79 Å². The zero-order valence-electron chi connectivity index (χ0n) is 5.00. The fraction of sp³-hybridized carbons (Fsp3) is 0. The average Bonchev–Trinajstić information content (AvgIpc) is 2.36. The topological polar surface area (TPSA) is 74.3 Å². The van der Waals surface area contributed by atoms with Crippen molar-refractivity contribution < 1.29 is 14.3 Å². The summed E-state index contributed by atoms with van der Waals surface area (Å²) in [5.41, 5.74) is -0.523. The van der Waals surface area contributed by atoms with E-state index in [-0.39, 0.29) is 5.76 Å². The van der Waals surface area contributed by atoms with E-state index in [4.69, 9.17) is 10.5 Å². The predicted molar refractivity (Wildman–Crippen MR) is 33.2 cm³/mol. The van der Waals surface area contributed by atoms with Crippen molar-refractivity contribution in [3.8, 4) is 0 Å². The van der Waals surface area contributed by atoms with Crippen LogP contribution in [0.2, 0.25) is 0 Å². The third-order valence-corrected chi connectivity index (χ3v) is 0.981. The number of hydrogen-bond donors (Lipinski definition) is 2. The minimum atomic E-state index is -1.28. The molecule has 0 atom stereocenters. The zero-order chi connectivity index (χ0) is 7.56. The zero-order valence-corrected chi connectivity index (χ0v) is 5.00. The van der Waals surface area contributed by atoms with Gasteiger partial charge in [0, 0.05) is 0 Å². The van der Waals surface area contributed by atoms with E-state index in [0.717, 1.165) is 0 Å². The van der Waals surface area contributed by atoms with Crippen LogP contribution in [0.15, 0.2) is 22.8 Å². The first-order chi connectivity index (χ1) is 4.72. The highest BCUT2D eigenvalue weighted by Gasteiger charge is 2.11. The second-order valence-corrected chi connectivity index (χ2v) is 1.66. The smallest absolute Gasteiger partial charge is 0.357 e. The molecule has 1 rings (SSSR count). The second kappa shape index (κ2) is 2.34. The standard InChI is InChI=1S/C6H5NO3/c7-5(6(8)9)4-2-1-3-10-4/h1-3,7H,(H,8,9). The summed E-state index contributed by atoms with van der Waals surface area (Å²) in [6.45, 7) is 0. The molecule has 0 unspecified atom stereocenters. The normalized spacial score (nSPS) is 9.20. The molecule has 0 fully saturated rings. The fourth-order valence-corrected chi connectivity index (χ4v) is 0.526. The second-order valence-electron chi connectivity index (χ2n) is 1.66. The van der Waals surface area contributed by atoms with E-state index in [1.54, 1.807) is 0 Å². The molecule has 10 heavy (non-hydrogen) atoms. The van der Waals surface area contributed by atoms with E-state index >= 15 is 0 Å². The Morgan fingerprint density at radius 2 is 2.40 bits per heavy atom. The Hall–Kier alpha value is -1.58. The van der Waals surface area contributed by atoms with Crippen LogP contribution in [0.5, 0.6) is 0 Å². The third-order valence-electron chi connectivity index (χ3n) is 0.981. The Balaban J connectivity index is 2.88. The van der Waals surface area contributed by atoms with Crippen molar-refractivity contribution in [2.75, 3.05) is 0 Å². The van der Waals surface area contributed by atoms with Gasteiger partial charge in [-0.15, -0.1) is 0 Å². The summed E-state index contributed by atoms with van der Waals surface area (Å²) in [7, 11) is 0. The molecule has 0 saturated carbocycles. The van der Waals surface area contributed by atoms with Crippen LogP contribution in [0, 0.1) is 5.41 Å². The SMILES string of the molecule is N=C(C(=O)O)c1ccco1. The fourth-order valence-electron chi connectivity index (χ4n) is 0.526. The summed E-state index contributed by atoms with van der Waals surface area (Å²) in [6, 6.07) is 2.96. The van der Waals surface area contributed by atoms with Crippen LogP contribution in [0.25, 0.3) is 0 Å². The summed E-state index contributed by atoms with van der Waals surface area (Å²) in [4.78, 5) is 10.1. The molecule has 0 aromatic carbocycles. The average molecular weight is 139 g/mol. The molecule has 0 radical (unpaired) electrons. The van der Waals surface area contributed by atoms with Crippen molar-refractivity contribution in [2.24, 2.45) is 0 Å². The van der Waals surface area contributed by atoms with Gasteiger partial charge in [-0.3, -0.25) is 5.41 Å². The molecule has 2 N–H and O–H groups in total. The van der Waals surface area contributed by atoms with Gasteiger partial charge < -0.3 is 9.52 Å². The summed E-state index contributed by atoms with van der Waals surface area (Å²) in [6.07, 6.45) is 1.33. The quantitative estimate of drug-likeness (QED) is 0.593. The van der Waals surface area contributed by atoms with Gasteiger partial charge in [0.1, 0.15) is 0 Å². The van der Waals surface area contributed by atoms with Crippen molar-refractivity contribution in [3.05, 3.63) is 24.2 Å². The minimum Gasteiger partial charge on any atom is -0.476 e. The predicted octanol–water partition coefficient (Wildman–Crippen LogP) is 0.732. The van der Waals surface area contributed by atoms with E-state index in [1.807, 2.05) is 0 Å². The molecule has 0 bridgehead atoms.